The highest BCUT2D eigenvalue weighted by Gasteiger charge is 2.44. The van der Waals surface area contributed by atoms with E-state index in [2.05, 4.69) is 20.9 Å². The van der Waals surface area contributed by atoms with Crippen LogP contribution in [-0.4, -0.2) is 25.5 Å². The summed E-state index contributed by atoms with van der Waals surface area (Å²) in [7, 11) is 1.74. The molecule has 1 aliphatic carbocycles. The minimum atomic E-state index is -0.189. The second-order valence-electron chi connectivity index (χ2n) is 7.57. The molecule has 0 unspecified atom stereocenters. The van der Waals surface area contributed by atoms with E-state index in [-0.39, 0.29) is 41.1 Å². The van der Waals surface area contributed by atoms with Gasteiger partial charge in [0.2, 0.25) is 5.91 Å². The molecule has 5 nitrogen and oxygen atoms in total. The van der Waals surface area contributed by atoms with Crippen LogP contribution in [0, 0.1) is 5.82 Å². The van der Waals surface area contributed by atoms with Gasteiger partial charge < -0.3 is 16.0 Å². The number of benzene rings is 2. The van der Waals surface area contributed by atoms with Gasteiger partial charge >= 0.3 is 0 Å². The van der Waals surface area contributed by atoms with Gasteiger partial charge in [-0.1, -0.05) is 31.2 Å². The van der Waals surface area contributed by atoms with E-state index in [1.54, 1.807) is 19.2 Å². The zero-order chi connectivity index (χ0) is 20.7. The molecular formula is C23H30FIN4O. The number of hydrogen-bond donors (Lipinski definition) is 3. The van der Waals surface area contributed by atoms with Crippen LogP contribution in [-0.2, 0) is 16.8 Å². The first-order valence-electron chi connectivity index (χ1n) is 10.1. The van der Waals surface area contributed by atoms with E-state index in [1.807, 2.05) is 37.3 Å². The van der Waals surface area contributed by atoms with Gasteiger partial charge in [-0.25, -0.2) is 4.39 Å². The lowest BCUT2D eigenvalue weighted by Gasteiger charge is -2.19. The van der Waals surface area contributed by atoms with Crippen LogP contribution in [0.3, 0.4) is 0 Å². The molecule has 0 spiro atoms. The highest BCUT2D eigenvalue weighted by atomic mass is 127. The Morgan fingerprint density at radius 1 is 1.13 bits per heavy atom. The average molecular weight is 524 g/mol. The van der Waals surface area contributed by atoms with Crippen molar-refractivity contribution >= 4 is 41.5 Å². The van der Waals surface area contributed by atoms with Crippen molar-refractivity contribution in [2.24, 2.45) is 4.99 Å². The Morgan fingerprint density at radius 3 is 2.47 bits per heavy atom. The SMILES string of the molecule is CCCC(=O)Nc1ccc(CNC(=NC)NCC2(c3cccc(F)c3)CC2)cc1.I. The van der Waals surface area contributed by atoms with Gasteiger partial charge in [0.25, 0.3) is 0 Å². The van der Waals surface area contributed by atoms with Gasteiger partial charge in [0, 0.05) is 37.7 Å². The summed E-state index contributed by atoms with van der Waals surface area (Å²) in [5.41, 5.74) is 2.94. The molecule has 0 aliphatic heterocycles. The molecule has 2 aromatic carbocycles. The van der Waals surface area contributed by atoms with Crippen molar-refractivity contribution < 1.29 is 9.18 Å². The summed E-state index contributed by atoms with van der Waals surface area (Å²) in [4.78, 5) is 15.9. The molecule has 3 N–H and O–H groups in total. The Labute approximate surface area is 195 Å². The molecule has 1 amide bonds. The van der Waals surface area contributed by atoms with Crippen LogP contribution in [0.1, 0.15) is 43.7 Å². The number of halogens is 2. The topological polar surface area (TPSA) is 65.5 Å². The summed E-state index contributed by atoms with van der Waals surface area (Å²) in [5.74, 6) is 0.564. The predicted molar refractivity (Wildman–Crippen MR) is 131 cm³/mol. The van der Waals surface area contributed by atoms with Crippen molar-refractivity contribution in [1.29, 1.82) is 0 Å². The van der Waals surface area contributed by atoms with E-state index in [9.17, 15) is 9.18 Å². The first-order chi connectivity index (χ1) is 14.0. The Bertz CT molecular complexity index is 866. The van der Waals surface area contributed by atoms with Crippen molar-refractivity contribution in [2.75, 3.05) is 18.9 Å². The van der Waals surface area contributed by atoms with Gasteiger partial charge in [0.1, 0.15) is 5.82 Å². The van der Waals surface area contributed by atoms with Crippen molar-refractivity contribution in [2.45, 2.75) is 44.6 Å². The van der Waals surface area contributed by atoms with Gasteiger partial charge in [-0.2, -0.15) is 0 Å². The summed E-state index contributed by atoms with van der Waals surface area (Å²) in [5, 5.41) is 9.57. The van der Waals surface area contributed by atoms with Gasteiger partial charge in [-0.15, -0.1) is 24.0 Å². The molecule has 0 bridgehead atoms. The number of hydrogen-bond acceptors (Lipinski definition) is 2. The monoisotopic (exact) mass is 524 g/mol. The molecule has 1 fully saturated rings. The van der Waals surface area contributed by atoms with Crippen LogP contribution in [0.2, 0.25) is 0 Å². The summed E-state index contributed by atoms with van der Waals surface area (Å²) in [6.07, 6.45) is 3.46. The Morgan fingerprint density at radius 2 is 1.87 bits per heavy atom. The van der Waals surface area contributed by atoms with Gasteiger partial charge in [0.15, 0.2) is 5.96 Å². The lowest BCUT2D eigenvalue weighted by Crippen LogP contribution is -2.40. The second-order valence-corrected chi connectivity index (χ2v) is 7.57. The minimum Gasteiger partial charge on any atom is -0.356 e. The standard InChI is InChI=1S/C23H29FN4O.HI/c1-3-5-21(29)28-20-10-8-17(9-11-20)15-26-22(25-2)27-16-23(12-13-23)18-6-4-7-19(24)14-18;/h4,6-11,14H,3,5,12-13,15-16H2,1-2H3,(H,28,29)(H2,25,26,27);1H. The minimum absolute atomic E-state index is 0. The van der Waals surface area contributed by atoms with Crippen molar-refractivity contribution in [3.8, 4) is 0 Å². The summed E-state index contributed by atoms with van der Waals surface area (Å²) in [6.45, 7) is 3.33. The molecule has 1 saturated carbocycles. The number of guanidine groups is 1. The highest BCUT2D eigenvalue weighted by Crippen LogP contribution is 2.47. The van der Waals surface area contributed by atoms with E-state index >= 15 is 0 Å². The van der Waals surface area contributed by atoms with Gasteiger partial charge in [0.05, 0.1) is 0 Å². The lowest BCUT2D eigenvalue weighted by molar-refractivity contribution is -0.116. The Kier molecular flexibility index (Phi) is 9.08. The first kappa shape index (κ1) is 24.1. The lowest BCUT2D eigenvalue weighted by atomic mass is 9.96. The molecule has 7 heteroatoms. The van der Waals surface area contributed by atoms with Crippen LogP contribution < -0.4 is 16.0 Å². The zero-order valence-electron chi connectivity index (χ0n) is 17.5. The van der Waals surface area contributed by atoms with Crippen LogP contribution in [0.5, 0.6) is 0 Å². The molecule has 0 atom stereocenters. The fourth-order valence-electron chi connectivity index (χ4n) is 3.35. The average Bonchev–Trinajstić information content (AvgIpc) is 3.51. The fourth-order valence-corrected chi connectivity index (χ4v) is 3.35. The molecule has 0 heterocycles. The number of carbonyl (C=O) groups excluding carboxylic acids is 1. The van der Waals surface area contributed by atoms with E-state index in [4.69, 9.17) is 0 Å². The quantitative estimate of drug-likeness (QED) is 0.269. The third kappa shape index (κ3) is 6.68. The molecular weight excluding hydrogens is 494 g/mol. The van der Waals surface area contributed by atoms with E-state index in [0.29, 0.717) is 18.9 Å². The predicted octanol–water partition coefficient (Wildman–Crippen LogP) is 4.58. The largest absolute Gasteiger partial charge is 0.356 e. The van der Waals surface area contributed by atoms with Gasteiger partial charge in [-0.05, 0) is 54.7 Å². The van der Waals surface area contributed by atoms with Crippen LogP contribution >= 0.6 is 24.0 Å². The van der Waals surface area contributed by atoms with Crippen molar-refractivity contribution in [1.82, 2.24) is 10.6 Å². The summed E-state index contributed by atoms with van der Waals surface area (Å²) in [6, 6.07) is 14.7. The molecule has 1 aliphatic rings. The molecule has 2 aromatic rings. The maximum Gasteiger partial charge on any atom is 0.224 e. The Balaban J connectivity index is 0.00000320. The van der Waals surface area contributed by atoms with E-state index in [1.165, 1.54) is 6.07 Å². The maximum atomic E-state index is 13.6. The number of aliphatic imine (C=N–C) groups is 1. The molecule has 3 rings (SSSR count). The number of carbonyl (C=O) groups is 1. The number of nitrogens with zero attached hydrogens (tertiary/aromatic N) is 1. The first-order valence-corrected chi connectivity index (χ1v) is 10.1. The molecule has 0 radical (unpaired) electrons. The third-order valence-electron chi connectivity index (χ3n) is 5.28. The maximum absolute atomic E-state index is 13.6. The molecule has 162 valence electrons. The number of nitrogens with one attached hydrogen (secondary N) is 3. The van der Waals surface area contributed by atoms with Gasteiger partial charge in [-0.3, -0.25) is 9.79 Å². The molecule has 0 aromatic heterocycles. The number of amides is 1. The zero-order valence-corrected chi connectivity index (χ0v) is 19.8. The highest BCUT2D eigenvalue weighted by molar-refractivity contribution is 14.0. The van der Waals surface area contributed by atoms with Crippen LogP contribution in [0.25, 0.3) is 0 Å². The normalized spacial score (nSPS) is 14.4. The van der Waals surface area contributed by atoms with E-state index in [0.717, 1.165) is 42.6 Å². The molecule has 0 saturated heterocycles. The van der Waals surface area contributed by atoms with E-state index < -0.39 is 0 Å². The summed E-state index contributed by atoms with van der Waals surface area (Å²) < 4.78 is 13.6. The number of rotatable bonds is 8. The second kappa shape index (κ2) is 11.3. The van der Waals surface area contributed by atoms with Crippen molar-refractivity contribution in [3.05, 3.63) is 65.5 Å². The number of anilines is 1. The van der Waals surface area contributed by atoms with Crippen LogP contribution in [0.15, 0.2) is 53.5 Å². The fraction of sp³-hybridized carbons (Fsp3) is 0.391. The van der Waals surface area contributed by atoms with Crippen LogP contribution in [0.4, 0.5) is 10.1 Å². The summed E-state index contributed by atoms with van der Waals surface area (Å²) >= 11 is 0. The molecule has 30 heavy (non-hydrogen) atoms. The Hall–Kier alpha value is -2.16. The smallest absolute Gasteiger partial charge is 0.224 e. The van der Waals surface area contributed by atoms with Crippen molar-refractivity contribution in [3.63, 3.8) is 0 Å². The third-order valence-corrected chi connectivity index (χ3v) is 5.28.